The van der Waals surface area contributed by atoms with Gasteiger partial charge in [0.25, 0.3) is 0 Å². The van der Waals surface area contributed by atoms with Gasteiger partial charge in [-0.25, -0.2) is 8.42 Å². The molecule has 0 atom stereocenters. The van der Waals surface area contributed by atoms with Gasteiger partial charge in [-0.2, -0.15) is 4.31 Å². The Hall–Kier alpha value is -1.60. The lowest BCUT2D eigenvalue weighted by atomic mass is 10.3. The van der Waals surface area contributed by atoms with Crippen LogP contribution >= 0.6 is 0 Å². The average Bonchev–Trinajstić information content (AvgIpc) is 2.38. The third-order valence-corrected chi connectivity index (χ3v) is 4.60. The molecule has 0 saturated heterocycles. The van der Waals surface area contributed by atoms with Crippen LogP contribution in [0.3, 0.4) is 0 Å². The van der Waals surface area contributed by atoms with Crippen LogP contribution in [0.5, 0.6) is 0 Å². The lowest BCUT2D eigenvalue weighted by molar-refractivity contribution is -0.137. The first kappa shape index (κ1) is 16.5. The minimum absolute atomic E-state index is 0.110. The molecule has 0 aliphatic rings. The van der Waals surface area contributed by atoms with Crippen molar-refractivity contribution in [1.82, 2.24) is 4.31 Å². The summed E-state index contributed by atoms with van der Waals surface area (Å²) in [6, 6.07) is 6.46. The first-order valence-electron chi connectivity index (χ1n) is 6.28. The molecule has 1 aromatic carbocycles. The van der Waals surface area contributed by atoms with Gasteiger partial charge in [-0.15, -0.1) is 0 Å². The van der Waals surface area contributed by atoms with Crippen LogP contribution in [-0.2, 0) is 14.8 Å². The predicted octanol–water partition coefficient (Wildman–Crippen LogP) is 1.24. The van der Waals surface area contributed by atoms with Crippen molar-refractivity contribution in [3.63, 3.8) is 0 Å². The van der Waals surface area contributed by atoms with E-state index in [1.807, 2.05) is 14.1 Å². The van der Waals surface area contributed by atoms with Crippen molar-refractivity contribution in [3.05, 3.63) is 24.3 Å². The molecule has 0 aromatic heterocycles. The molecule has 0 heterocycles. The molecule has 1 rings (SSSR count). The zero-order valence-electron chi connectivity index (χ0n) is 11.9. The third-order valence-electron chi connectivity index (χ3n) is 2.76. The number of rotatable bonds is 7. The number of carboxylic acids is 1. The summed E-state index contributed by atoms with van der Waals surface area (Å²) in [5.74, 6) is -1.16. The minimum Gasteiger partial charge on any atom is -0.480 e. The number of sulfonamides is 1. The van der Waals surface area contributed by atoms with Crippen molar-refractivity contribution in [2.75, 3.05) is 32.1 Å². The van der Waals surface area contributed by atoms with Crippen molar-refractivity contribution in [1.29, 1.82) is 0 Å². The van der Waals surface area contributed by atoms with Gasteiger partial charge >= 0.3 is 5.97 Å². The first-order chi connectivity index (χ1) is 9.28. The summed E-state index contributed by atoms with van der Waals surface area (Å²) in [6.45, 7) is 1.46. The van der Waals surface area contributed by atoms with Crippen molar-refractivity contribution < 1.29 is 18.3 Å². The van der Waals surface area contributed by atoms with E-state index in [0.717, 1.165) is 9.99 Å². The molecule has 1 N–H and O–H groups in total. The van der Waals surface area contributed by atoms with Crippen LogP contribution in [0.2, 0.25) is 0 Å². The van der Waals surface area contributed by atoms with Crippen LogP contribution in [0.25, 0.3) is 0 Å². The molecule has 0 radical (unpaired) electrons. The van der Waals surface area contributed by atoms with Gasteiger partial charge in [-0.3, -0.25) is 4.79 Å². The molecule has 0 aliphatic carbocycles. The van der Waals surface area contributed by atoms with Gasteiger partial charge in [-0.1, -0.05) is 13.0 Å². The van der Waals surface area contributed by atoms with Crippen LogP contribution < -0.4 is 4.90 Å². The number of carbonyl (C=O) groups is 1. The van der Waals surface area contributed by atoms with Crippen LogP contribution in [0.1, 0.15) is 13.3 Å². The minimum atomic E-state index is -3.79. The van der Waals surface area contributed by atoms with Gasteiger partial charge in [0.2, 0.25) is 10.0 Å². The van der Waals surface area contributed by atoms with Gasteiger partial charge in [0.15, 0.2) is 0 Å². The lowest BCUT2D eigenvalue weighted by Crippen LogP contribution is -2.36. The van der Waals surface area contributed by atoms with Crippen LogP contribution in [0, 0.1) is 0 Å². The zero-order chi connectivity index (χ0) is 15.3. The molecular weight excluding hydrogens is 280 g/mol. The fraction of sp³-hybridized carbons (Fsp3) is 0.462. The van der Waals surface area contributed by atoms with Crippen molar-refractivity contribution in [3.8, 4) is 0 Å². The molecule has 0 unspecified atom stereocenters. The lowest BCUT2D eigenvalue weighted by Gasteiger charge is -2.21. The zero-order valence-corrected chi connectivity index (χ0v) is 12.7. The van der Waals surface area contributed by atoms with Crippen LogP contribution in [0.15, 0.2) is 29.2 Å². The van der Waals surface area contributed by atoms with Crippen LogP contribution in [0.4, 0.5) is 5.69 Å². The first-order valence-corrected chi connectivity index (χ1v) is 7.72. The summed E-state index contributed by atoms with van der Waals surface area (Å²) in [7, 11) is -0.164. The van der Waals surface area contributed by atoms with Gasteiger partial charge in [0.1, 0.15) is 6.54 Å². The molecule has 0 fully saturated rings. The molecule has 0 amide bonds. The monoisotopic (exact) mass is 300 g/mol. The second kappa shape index (κ2) is 6.71. The molecule has 1 aromatic rings. The Kier molecular flexibility index (Phi) is 5.52. The maximum absolute atomic E-state index is 12.5. The number of hydrogen-bond acceptors (Lipinski definition) is 4. The molecule has 0 spiro atoms. The number of anilines is 1. The fourth-order valence-corrected chi connectivity index (χ4v) is 3.28. The quantitative estimate of drug-likeness (QED) is 0.819. The van der Waals surface area contributed by atoms with E-state index in [1.54, 1.807) is 30.0 Å². The van der Waals surface area contributed by atoms with Crippen molar-refractivity contribution >= 4 is 21.7 Å². The van der Waals surface area contributed by atoms with Crippen molar-refractivity contribution in [2.24, 2.45) is 0 Å². The molecule has 7 heteroatoms. The van der Waals surface area contributed by atoms with E-state index in [9.17, 15) is 13.2 Å². The smallest absolute Gasteiger partial charge is 0.318 e. The Bertz CT molecular complexity index is 569. The van der Waals surface area contributed by atoms with E-state index in [-0.39, 0.29) is 11.4 Å². The van der Waals surface area contributed by atoms with E-state index >= 15 is 0 Å². The SMILES string of the molecule is CCCN(CC(=O)O)S(=O)(=O)c1cccc(N(C)C)c1. The van der Waals surface area contributed by atoms with Gasteiger partial charge in [-0.05, 0) is 24.6 Å². The average molecular weight is 300 g/mol. The number of aliphatic carboxylic acids is 1. The highest BCUT2D eigenvalue weighted by Gasteiger charge is 2.26. The summed E-state index contributed by atoms with van der Waals surface area (Å²) in [5, 5.41) is 8.85. The second-order valence-corrected chi connectivity index (χ2v) is 6.56. The molecule has 6 nitrogen and oxygen atoms in total. The summed E-state index contributed by atoms with van der Waals surface area (Å²) in [5.41, 5.74) is 0.748. The standard InChI is InChI=1S/C13H20N2O4S/c1-4-8-15(10-13(16)17)20(18,19)12-7-5-6-11(9-12)14(2)3/h5-7,9H,4,8,10H2,1-3H3,(H,16,17). The molecule has 0 saturated carbocycles. The summed E-state index contributed by atoms with van der Waals surface area (Å²) >= 11 is 0. The Balaban J connectivity index is 3.18. The van der Waals surface area contributed by atoms with Gasteiger partial charge in [0, 0.05) is 26.3 Å². The van der Waals surface area contributed by atoms with Crippen molar-refractivity contribution in [2.45, 2.75) is 18.2 Å². The Labute approximate surface area is 119 Å². The Morgan fingerprint density at radius 3 is 2.45 bits per heavy atom. The summed E-state index contributed by atoms with van der Waals surface area (Å²) < 4.78 is 25.9. The predicted molar refractivity (Wildman–Crippen MR) is 77.5 cm³/mol. The number of hydrogen-bond donors (Lipinski definition) is 1. The van der Waals surface area contributed by atoms with E-state index in [1.165, 1.54) is 6.07 Å². The third kappa shape index (κ3) is 3.94. The summed E-state index contributed by atoms with van der Waals surface area (Å²) in [6.07, 6.45) is 0.555. The highest BCUT2D eigenvalue weighted by atomic mass is 32.2. The van der Waals surface area contributed by atoms with Crippen LogP contribution in [-0.4, -0.2) is 51.0 Å². The molecular formula is C13H20N2O4S. The molecule has 0 bridgehead atoms. The number of nitrogens with zero attached hydrogens (tertiary/aromatic N) is 2. The molecule has 0 aliphatic heterocycles. The van der Waals surface area contributed by atoms with Gasteiger partial charge < -0.3 is 10.0 Å². The Morgan fingerprint density at radius 1 is 1.30 bits per heavy atom. The van der Waals surface area contributed by atoms with Gasteiger partial charge in [0.05, 0.1) is 4.90 Å². The maximum Gasteiger partial charge on any atom is 0.318 e. The van der Waals surface area contributed by atoms with E-state index in [0.29, 0.717) is 6.42 Å². The number of benzene rings is 1. The maximum atomic E-state index is 12.5. The highest BCUT2D eigenvalue weighted by molar-refractivity contribution is 7.89. The summed E-state index contributed by atoms with van der Waals surface area (Å²) in [4.78, 5) is 12.7. The molecule has 20 heavy (non-hydrogen) atoms. The van der Waals surface area contributed by atoms with E-state index in [2.05, 4.69) is 0 Å². The topological polar surface area (TPSA) is 77.9 Å². The largest absolute Gasteiger partial charge is 0.480 e. The number of carboxylic acid groups (broad SMARTS) is 1. The fourth-order valence-electron chi connectivity index (χ4n) is 1.76. The Morgan fingerprint density at radius 2 is 1.95 bits per heavy atom. The van der Waals surface area contributed by atoms with E-state index < -0.39 is 22.5 Å². The second-order valence-electron chi connectivity index (χ2n) is 4.62. The highest BCUT2D eigenvalue weighted by Crippen LogP contribution is 2.21. The molecule has 112 valence electrons. The van der Waals surface area contributed by atoms with E-state index in [4.69, 9.17) is 5.11 Å². The normalized spacial score (nSPS) is 11.6.